The molecule has 1 saturated heterocycles. The van der Waals surface area contributed by atoms with Crippen LogP contribution in [0.2, 0.25) is 5.02 Å². The number of nitrogens with zero attached hydrogens (tertiary/aromatic N) is 2. The Morgan fingerprint density at radius 3 is 2.78 bits per heavy atom. The van der Waals surface area contributed by atoms with Gasteiger partial charge in [-0.05, 0) is 32.4 Å². The molecule has 2 rings (SSSR count). The van der Waals surface area contributed by atoms with Crippen LogP contribution in [0, 0.1) is 10.1 Å². The normalized spacial score (nSPS) is 18.6. The van der Waals surface area contributed by atoms with Crippen molar-refractivity contribution >= 4 is 23.4 Å². The molecule has 1 amide bonds. The summed E-state index contributed by atoms with van der Waals surface area (Å²) in [5.74, 6) is 0. The van der Waals surface area contributed by atoms with E-state index in [9.17, 15) is 14.9 Å². The first-order valence-electron chi connectivity index (χ1n) is 7.32. The highest BCUT2D eigenvalue weighted by atomic mass is 35.5. The molecule has 1 N–H and O–H groups in total. The number of ether oxygens (including phenoxy) is 1. The van der Waals surface area contributed by atoms with Gasteiger partial charge in [0.1, 0.15) is 10.6 Å². The fraction of sp³-hybridized carbons (Fsp3) is 0.533. The second kappa shape index (κ2) is 6.72. The van der Waals surface area contributed by atoms with Crippen LogP contribution in [0.1, 0.15) is 32.4 Å². The SMILES string of the molecule is CC(C)(C)OC(=O)N1CCNC(c2ccc(Cl)c([N+](=O)[O-])c2)C1. The summed E-state index contributed by atoms with van der Waals surface area (Å²) in [6, 6.07) is 4.47. The molecular weight excluding hydrogens is 322 g/mol. The van der Waals surface area contributed by atoms with E-state index in [0.29, 0.717) is 25.2 Å². The first-order valence-corrected chi connectivity index (χ1v) is 7.70. The molecular formula is C15H20ClN3O4. The maximum Gasteiger partial charge on any atom is 0.410 e. The number of nitrogens with one attached hydrogen (secondary N) is 1. The van der Waals surface area contributed by atoms with Crippen LogP contribution in [-0.4, -0.2) is 41.2 Å². The zero-order valence-electron chi connectivity index (χ0n) is 13.3. The van der Waals surface area contributed by atoms with Crippen LogP contribution in [0.5, 0.6) is 0 Å². The van der Waals surface area contributed by atoms with E-state index in [-0.39, 0.29) is 22.8 Å². The predicted molar refractivity (Wildman–Crippen MR) is 86.7 cm³/mol. The average molecular weight is 342 g/mol. The molecule has 1 aliphatic rings. The first-order chi connectivity index (χ1) is 10.7. The minimum atomic E-state index is -0.559. The third kappa shape index (κ3) is 4.56. The number of halogens is 1. The Labute approximate surface area is 139 Å². The summed E-state index contributed by atoms with van der Waals surface area (Å²) in [5.41, 5.74) is 0.0194. The number of hydrogen-bond acceptors (Lipinski definition) is 5. The number of carbonyl (C=O) groups excluding carboxylic acids is 1. The molecule has 0 spiro atoms. The zero-order chi connectivity index (χ0) is 17.2. The Bertz CT molecular complexity index is 615. The van der Waals surface area contributed by atoms with Crippen LogP contribution >= 0.6 is 11.6 Å². The van der Waals surface area contributed by atoms with Crippen molar-refractivity contribution in [3.63, 3.8) is 0 Å². The van der Waals surface area contributed by atoms with Crippen LogP contribution in [-0.2, 0) is 4.74 Å². The lowest BCUT2D eigenvalue weighted by molar-refractivity contribution is -0.384. The monoisotopic (exact) mass is 341 g/mol. The highest BCUT2D eigenvalue weighted by Crippen LogP contribution is 2.29. The molecule has 1 unspecified atom stereocenters. The average Bonchev–Trinajstić information content (AvgIpc) is 2.46. The molecule has 1 heterocycles. The van der Waals surface area contributed by atoms with Gasteiger partial charge in [-0.3, -0.25) is 10.1 Å². The van der Waals surface area contributed by atoms with E-state index in [1.165, 1.54) is 12.1 Å². The van der Waals surface area contributed by atoms with E-state index in [1.807, 2.05) is 20.8 Å². The van der Waals surface area contributed by atoms with E-state index in [0.717, 1.165) is 0 Å². The van der Waals surface area contributed by atoms with Crippen molar-refractivity contribution in [1.82, 2.24) is 10.2 Å². The van der Waals surface area contributed by atoms with E-state index < -0.39 is 10.5 Å². The molecule has 0 aromatic heterocycles. The largest absolute Gasteiger partial charge is 0.444 e. The van der Waals surface area contributed by atoms with Crippen molar-refractivity contribution < 1.29 is 14.5 Å². The van der Waals surface area contributed by atoms with Crippen LogP contribution < -0.4 is 5.32 Å². The first kappa shape index (κ1) is 17.5. The van der Waals surface area contributed by atoms with Gasteiger partial charge in [0.2, 0.25) is 0 Å². The van der Waals surface area contributed by atoms with Crippen molar-refractivity contribution in [3.05, 3.63) is 38.9 Å². The lowest BCUT2D eigenvalue weighted by Gasteiger charge is -2.35. The summed E-state index contributed by atoms with van der Waals surface area (Å²) < 4.78 is 5.37. The number of hydrogen-bond donors (Lipinski definition) is 1. The minimum absolute atomic E-state index is 0.0959. The lowest BCUT2D eigenvalue weighted by atomic mass is 10.0. The van der Waals surface area contributed by atoms with Crippen molar-refractivity contribution in [2.24, 2.45) is 0 Å². The number of amides is 1. The third-order valence-electron chi connectivity index (χ3n) is 3.40. The molecule has 0 radical (unpaired) electrons. The second-order valence-corrected chi connectivity index (χ2v) is 6.81. The van der Waals surface area contributed by atoms with Crippen LogP contribution in [0.3, 0.4) is 0 Å². The molecule has 1 aromatic carbocycles. The Morgan fingerprint density at radius 1 is 1.48 bits per heavy atom. The van der Waals surface area contributed by atoms with Gasteiger partial charge in [-0.15, -0.1) is 0 Å². The van der Waals surface area contributed by atoms with Crippen LogP contribution in [0.15, 0.2) is 18.2 Å². The number of nitro benzene ring substituents is 1. The highest BCUT2D eigenvalue weighted by molar-refractivity contribution is 6.32. The maximum absolute atomic E-state index is 12.2. The molecule has 1 atom stereocenters. The van der Waals surface area contributed by atoms with E-state index >= 15 is 0 Å². The van der Waals surface area contributed by atoms with Crippen molar-refractivity contribution in [2.45, 2.75) is 32.4 Å². The molecule has 23 heavy (non-hydrogen) atoms. The minimum Gasteiger partial charge on any atom is -0.444 e. The fourth-order valence-corrected chi connectivity index (χ4v) is 2.54. The molecule has 126 valence electrons. The molecule has 1 aliphatic heterocycles. The summed E-state index contributed by atoms with van der Waals surface area (Å²) >= 11 is 5.84. The van der Waals surface area contributed by atoms with E-state index in [2.05, 4.69) is 5.32 Å². The summed E-state index contributed by atoms with van der Waals surface area (Å²) in [6.07, 6.45) is -0.382. The molecule has 1 aromatic rings. The van der Waals surface area contributed by atoms with Gasteiger partial charge in [0.05, 0.1) is 11.0 Å². The third-order valence-corrected chi connectivity index (χ3v) is 3.72. The number of piperazine rings is 1. The maximum atomic E-state index is 12.2. The van der Waals surface area contributed by atoms with E-state index in [4.69, 9.17) is 16.3 Å². The molecule has 0 aliphatic carbocycles. The van der Waals surface area contributed by atoms with E-state index in [1.54, 1.807) is 11.0 Å². The van der Waals surface area contributed by atoms with Crippen molar-refractivity contribution in [1.29, 1.82) is 0 Å². The summed E-state index contributed by atoms with van der Waals surface area (Å²) in [6.45, 7) is 6.93. The number of carbonyl (C=O) groups is 1. The van der Waals surface area contributed by atoms with Gasteiger partial charge in [0.25, 0.3) is 5.69 Å². The Morgan fingerprint density at radius 2 is 2.17 bits per heavy atom. The number of nitro groups is 1. The van der Waals surface area contributed by atoms with Crippen LogP contribution in [0.25, 0.3) is 0 Å². The van der Waals surface area contributed by atoms with Crippen LogP contribution in [0.4, 0.5) is 10.5 Å². The highest BCUT2D eigenvalue weighted by Gasteiger charge is 2.29. The number of rotatable bonds is 2. The number of benzene rings is 1. The van der Waals surface area contributed by atoms with Crippen molar-refractivity contribution in [2.75, 3.05) is 19.6 Å². The lowest BCUT2D eigenvalue weighted by Crippen LogP contribution is -2.49. The molecule has 0 saturated carbocycles. The standard InChI is InChI=1S/C15H20ClN3O4/c1-15(2,3)23-14(20)18-7-6-17-12(9-18)10-4-5-11(16)13(8-10)19(21)22/h4-5,8,12,17H,6-7,9H2,1-3H3. The fourth-order valence-electron chi connectivity index (χ4n) is 2.35. The molecule has 1 fully saturated rings. The van der Waals surface area contributed by atoms with Gasteiger partial charge in [-0.1, -0.05) is 17.7 Å². The molecule has 7 nitrogen and oxygen atoms in total. The van der Waals surface area contributed by atoms with Gasteiger partial charge in [0.15, 0.2) is 0 Å². The van der Waals surface area contributed by atoms with Gasteiger partial charge in [-0.25, -0.2) is 4.79 Å². The second-order valence-electron chi connectivity index (χ2n) is 6.40. The Kier molecular flexibility index (Phi) is 5.11. The Balaban J connectivity index is 2.14. The smallest absolute Gasteiger partial charge is 0.410 e. The van der Waals surface area contributed by atoms with Gasteiger partial charge < -0.3 is 15.0 Å². The quantitative estimate of drug-likeness (QED) is 0.660. The topological polar surface area (TPSA) is 84.7 Å². The Hall–Kier alpha value is -1.86. The zero-order valence-corrected chi connectivity index (χ0v) is 14.1. The molecule has 8 heteroatoms. The summed E-state index contributed by atoms with van der Waals surface area (Å²) in [4.78, 5) is 24.3. The van der Waals surface area contributed by atoms with Gasteiger partial charge in [0, 0.05) is 25.7 Å². The van der Waals surface area contributed by atoms with Crippen molar-refractivity contribution in [3.8, 4) is 0 Å². The predicted octanol–water partition coefficient (Wildman–Crippen LogP) is 3.13. The van der Waals surface area contributed by atoms with Gasteiger partial charge in [-0.2, -0.15) is 0 Å². The van der Waals surface area contributed by atoms with Gasteiger partial charge >= 0.3 is 6.09 Å². The summed E-state index contributed by atoms with van der Waals surface area (Å²) in [5, 5.41) is 14.4. The summed E-state index contributed by atoms with van der Waals surface area (Å²) in [7, 11) is 0. The molecule has 0 bridgehead atoms.